The molecular formula is C23H36N2S. The van der Waals surface area contributed by atoms with Crippen molar-refractivity contribution in [2.24, 2.45) is 17.3 Å². The maximum Gasteiger partial charge on any atom is 0.0532 e. The van der Waals surface area contributed by atoms with E-state index in [1.54, 1.807) is 5.57 Å². The molecule has 144 valence electrons. The van der Waals surface area contributed by atoms with Crippen LogP contribution in [0.1, 0.15) is 53.9 Å². The summed E-state index contributed by atoms with van der Waals surface area (Å²) in [4.78, 5) is 2.64. The zero-order valence-electron chi connectivity index (χ0n) is 17.3. The molecule has 2 heterocycles. The van der Waals surface area contributed by atoms with E-state index in [2.05, 4.69) is 69.0 Å². The molecule has 0 saturated carbocycles. The smallest absolute Gasteiger partial charge is 0.0532 e. The molecule has 0 radical (unpaired) electrons. The van der Waals surface area contributed by atoms with E-state index >= 15 is 0 Å². The van der Waals surface area contributed by atoms with Crippen LogP contribution >= 0.6 is 11.8 Å². The van der Waals surface area contributed by atoms with Gasteiger partial charge in [-0.3, -0.25) is 0 Å². The number of hydrogen-bond acceptors (Lipinski definition) is 3. The molecule has 3 atom stereocenters. The van der Waals surface area contributed by atoms with Crippen molar-refractivity contribution in [1.29, 1.82) is 0 Å². The van der Waals surface area contributed by atoms with Gasteiger partial charge in [0.1, 0.15) is 0 Å². The largest absolute Gasteiger partial charge is 0.382 e. The van der Waals surface area contributed by atoms with Crippen molar-refractivity contribution in [2.45, 2.75) is 59.9 Å². The van der Waals surface area contributed by atoms with Crippen LogP contribution in [0.5, 0.6) is 0 Å². The molecule has 26 heavy (non-hydrogen) atoms. The van der Waals surface area contributed by atoms with Crippen LogP contribution in [0.2, 0.25) is 0 Å². The monoisotopic (exact) mass is 372 g/mol. The van der Waals surface area contributed by atoms with E-state index in [4.69, 9.17) is 0 Å². The summed E-state index contributed by atoms with van der Waals surface area (Å²) in [5, 5.41) is 6.13. The van der Waals surface area contributed by atoms with Gasteiger partial charge in [-0.2, -0.15) is 0 Å². The van der Waals surface area contributed by atoms with Crippen LogP contribution in [-0.4, -0.2) is 29.8 Å². The summed E-state index contributed by atoms with van der Waals surface area (Å²) in [5.74, 6) is 2.52. The zero-order chi connectivity index (χ0) is 18.9. The molecule has 3 aliphatic rings. The average Bonchev–Trinajstić information content (AvgIpc) is 2.86. The Morgan fingerprint density at radius 3 is 2.85 bits per heavy atom. The van der Waals surface area contributed by atoms with E-state index in [1.807, 2.05) is 11.8 Å². The second-order valence-corrected chi connectivity index (χ2v) is 10.5. The Kier molecular flexibility index (Phi) is 5.96. The van der Waals surface area contributed by atoms with Crippen LogP contribution in [0.15, 0.2) is 46.7 Å². The molecule has 0 spiro atoms. The van der Waals surface area contributed by atoms with Crippen molar-refractivity contribution < 1.29 is 0 Å². The lowest BCUT2D eigenvalue weighted by atomic mass is 9.86. The second-order valence-electron chi connectivity index (χ2n) is 9.57. The number of nitrogens with one attached hydrogen (secondary N) is 1. The predicted molar refractivity (Wildman–Crippen MR) is 116 cm³/mol. The van der Waals surface area contributed by atoms with Gasteiger partial charge in [0.05, 0.1) is 6.04 Å². The summed E-state index contributed by atoms with van der Waals surface area (Å²) in [6.45, 7) is 18.1. The Labute approximate surface area is 164 Å². The molecule has 0 aromatic heterocycles. The minimum absolute atomic E-state index is 0.275. The second kappa shape index (κ2) is 7.88. The summed E-state index contributed by atoms with van der Waals surface area (Å²) in [6, 6.07) is 0.373. The maximum atomic E-state index is 4.28. The van der Waals surface area contributed by atoms with Gasteiger partial charge in [-0.25, -0.2) is 0 Å². The standard InChI is InChI=1S/C23H36N2S/c1-16-10-21(25-9-7-8-19-14-26-15-20(19)13-25)11-17(2)22(16)24-18(3)12-23(4,5)6/h10-11,14,16,20,22,24H,3,7-9,12-13,15H2,1-2,4-6H3. The first-order valence-corrected chi connectivity index (χ1v) is 11.2. The summed E-state index contributed by atoms with van der Waals surface area (Å²) >= 11 is 2.01. The third-order valence-electron chi connectivity index (χ3n) is 5.68. The third-order valence-corrected chi connectivity index (χ3v) is 6.75. The van der Waals surface area contributed by atoms with Crippen molar-refractivity contribution in [2.75, 3.05) is 18.8 Å². The van der Waals surface area contributed by atoms with Crippen molar-refractivity contribution in [3.63, 3.8) is 0 Å². The molecule has 0 aromatic rings. The quantitative estimate of drug-likeness (QED) is 0.680. The molecule has 2 aliphatic heterocycles. The number of rotatable bonds is 4. The molecule has 0 bridgehead atoms. The fourth-order valence-electron chi connectivity index (χ4n) is 4.48. The van der Waals surface area contributed by atoms with Gasteiger partial charge in [0, 0.05) is 42.1 Å². The van der Waals surface area contributed by atoms with Gasteiger partial charge >= 0.3 is 0 Å². The maximum absolute atomic E-state index is 4.28. The molecule has 2 nitrogen and oxygen atoms in total. The molecule has 1 aliphatic carbocycles. The molecule has 1 N–H and O–H groups in total. The van der Waals surface area contributed by atoms with Gasteiger partial charge in [-0.15, -0.1) is 11.8 Å². The average molecular weight is 373 g/mol. The third kappa shape index (κ3) is 4.79. The number of likely N-dealkylation sites (tertiary alicyclic amines) is 1. The van der Waals surface area contributed by atoms with Gasteiger partial charge in [0.15, 0.2) is 0 Å². The predicted octanol–water partition coefficient (Wildman–Crippen LogP) is 5.72. The lowest BCUT2D eigenvalue weighted by Crippen LogP contribution is -2.39. The van der Waals surface area contributed by atoms with E-state index in [-0.39, 0.29) is 5.41 Å². The number of nitrogens with zero attached hydrogens (tertiary/aromatic N) is 1. The molecule has 0 amide bonds. The van der Waals surface area contributed by atoms with Gasteiger partial charge in [0.25, 0.3) is 0 Å². The fraction of sp³-hybridized carbons (Fsp3) is 0.652. The van der Waals surface area contributed by atoms with Crippen molar-refractivity contribution >= 4 is 11.8 Å². The van der Waals surface area contributed by atoms with Crippen molar-refractivity contribution in [3.05, 3.63) is 46.7 Å². The van der Waals surface area contributed by atoms with Crippen LogP contribution in [-0.2, 0) is 0 Å². The first-order valence-electron chi connectivity index (χ1n) is 10.1. The van der Waals surface area contributed by atoms with E-state index in [0.717, 1.165) is 18.0 Å². The summed E-state index contributed by atoms with van der Waals surface area (Å²) < 4.78 is 0. The Balaban J connectivity index is 1.67. The molecule has 1 fully saturated rings. The van der Waals surface area contributed by atoms with E-state index in [9.17, 15) is 0 Å². The van der Waals surface area contributed by atoms with Crippen LogP contribution in [0.3, 0.4) is 0 Å². The van der Waals surface area contributed by atoms with Crippen molar-refractivity contribution in [1.82, 2.24) is 10.2 Å². The Hall–Kier alpha value is -1.09. The van der Waals surface area contributed by atoms with Crippen LogP contribution in [0, 0.1) is 17.3 Å². The van der Waals surface area contributed by atoms with E-state index in [0.29, 0.717) is 12.0 Å². The minimum Gasteiger partial charge on any atom is -0.382 e. The fourth-order valence-corrected chi connectivity index (χ4v) is 5.65. The normalized spacial score (nSPS) is 29.3. The number of hydrogen-bond donors (Lipinski definition) is 1. The highest BCUT2D eigenvalue weighted by molar-refractivity contribution is 8.02. The molecule has 0 aromatic carbocycles. The number of fused-ring (bicyclic) bond motifs is 1. The molecule has 1 saturated heterocycles. The van der Waals surface area contributed by atoms with Crippen LogP contribution in [0.25, 0.3) is 0 Å². The van der Waals surface area contributed by atoms with Gasteiger partial charge < -0.3 is 10.2 Å². The van der Waals surface area contributed by atoms with Gasteiger partial charge in [-0.1, -0.05) is 45.9 Å². The molecule has 3 heteroatoms. The SMILES string of the molecule is C=C(CC(C)(C)C)NC1C(C)=CC(N2CCCC3=CSCC3C2)=CC1C. The topological polar surface area (TPSA) is 15.3 Å². The van der Waals surface area contributed by atoms with E-state index in [1.165, 1.54) is 43.0 Å². The highest BCUT2D eigenvalue weighted by Gasteiger charge is 2.29. The van der Waals surface area contributed by atoms with Gasteiger partial charge in [-0.05, 0) is 48.7 Å². The first kappa shape index (κ1) is 19.7. The van der Waals surface area contributed by atoms with Crippen LogP contribution in [0.4, 0.5) is 0 Å². The highest BCUT2D eigenvalue weighted by Crippen LogP contribution is 2.36. The minimum atomic E-state index is 0.275. The summed E-state index contributed by atoms with van der Waals surface area (Å²) in [5.41, 5.74) is 6.00. The Bertz CT molecular complexity index is 635. The van der Waals surface area contributed by atoms with E-state index < -0.39 is 0 Å². The Morgan fingerprint density at radius 2 is 2.15 bits per heavy atom. The van der Waals surface area contributed by atoms with Crippen LogP contribution < -0.4 is 5.32 Å². The number of thioether (sulfide) groups is 1. The Morgan fingerprint density at radius 1 is 1.38 bits per heavy atom. The first-order chi connectivity index (χ1) is 12.2. The highest BCUT2D eigenvalue weighted by atomic mass is 32.2. The summed E-state index contributed by atoms with van der Waals surface area (Å²) in [7, 11) is 0. The van der Waals surface area contributed by atoms with Crippen molar-refractivity contribution in [3.8, 4) is 0 Å². The summed E-state index contributed by atoms with van der Waals surface area (Å²) in [6.07, 6.45) is 8.48. The lowest BCUT2D eigenvalue weighted by molar-refractivity contribution is 0.331. The lowest BCUT2D eigenvalue weighted by Gasteiger charge is -2.35. The zero-order valence-corrected chi connectivity index (χ0v) is 18.1. The molecule has 3 unspecified atom stereocenters. The van der Waals surface area contributed by atoms with Gasteiger partial charge in [0.2, 0.25) is 0 Å². The molecule has 3 rings (SSSR count). The number of allylic oxidation sites excluding steroid dienone is 2. The molecular weight excluding hydrogens is 336 g/mol.